The fourth-order valence-electron chi connectivity index (χ4n) is 2.36. The van der Waals surface area contributed by atoms with Crippen molar-refractivity contribution in [3.05, 3.63) is 59.2 Å². The molecule has 27 heavy (non-hydrogen) atoms. The minimum absolute atomic E-state index is 0.0465. The summed E-state index contributed by atoms with van der Waals surface area (Å²) in [6.07, 6.45) is 0.339. The van der Waals surface area contributed by atoms with Gasteiger partial charge in [0.15, 0.2) is 18.1 Å². The molecule has 6 heteroatoms. The quantitative estimate of drug-likeness (QED) is 0.774. The van der Waals surface area contributed by atoms with Crippen LogP contribution in [0.25, 0.3) is 0 Å². The SMILES string of the molecule is COc1cc(CNC(=O)Cc2ccc(C)cc2)ccc1OCC(=O)N(C)C. The summed E-state index contributed by atoms with van der Waals surface area (Å²) in [6, 6.07) is 13.3. The monoisotopic (exact) mass is 370 g/mol. The summed E-state index contributed by atoms with van der Waals surface area (Å²) in [5, 5.41) is 2.90. The van der Waals surface area contributed by atoms with Crippen LogP contribution in [0, 0.1) is 6.92 Å². The average Bonchev–Trinajstić information content (AvgIpc) is 2.66. The van der Waals surface area contributed by atoms with Crippen LogP contribution in [0.3, 0.4) is 0 Å². The van der Waals surface area contributed by atoms with E-state index >= 15 is 0 Å². The van der Waals surface area contributed by atoms with E-state index in [0.29, 0.717) is 24.5 Å². The maximum absolute atomic E-state index is 12.1. The summed E-state index contributed by atoms with van der Waals surface area (Å²) in [4.78, 5) is 25.2. The molecule has 0 radical (unpaired) electrons. The molecule has 2 aromatic rings. The Bertz CT molecular complexity index is 785. The number of carbonyl (C=O) groups excluding carboxylic acids is 2. The third kappa shape index (κ3) is 6.33. The normalized spacial score (nSPS) is 10.2. The van der Waals surface area contributed by atoms with Gasteiger partial charge >= 0.3 is 0 Å². The fourth-order valence-corrected chi connectivity index (χ4v) is 2.36. The molecule has 2 aromatic carbocycles. The summed E-state index contributed by atoms with van der Waals surface area (Å²) in [7, 11) is 4.88. The third-order valence-electron chi connectivity index (χ3n) is 4.05. The lowest BCUT2D eigenvalue weighted by Gasteiger charge is -2.14. The number of nitrogens with zero attached hydrogens (tertiary/aromatic N) is 1. The molecule has 2 amide bonds. The molecule has 0 aromatic heterocycles. The number of hydrogen-bond acceptors (Lipinski definition) is 4. The molecule has 0 unspecified atom stereocenters. The second-order valence-corrected chi connectivity index (χ2v) is 6.50. The number of hydrogen-bond donors (Lipinski definition) is 1. The zero-order valence-electron chi connectivity index (χ0n) is 16.2. The van der Waals surface area contributed by atoms with Crippen molar-refractivity contribution in [2.75, 3.05) is 27.8 Å². The van der Waals surface area contributed by atoms with Crippen molar-refractivity contribution < 1.29 is 19.1 Å². The van der Waals surface area contributed by atoms with Gasteiger partial charge in [-0.1, -0.05) is 35.9 Å². The average molecular weight is 370 g/mol. The van der Waals surface area contributed by atoms with Crippen LogP contribution in [0.5, 0.6) is 11.5 Å². The highest BCUT2D eigenvalue weighted by Crippen LogP contribution is 2.28. The van der Waals surface area contributed by atoms with Crippen molar-refractivity contribution in [1.29, 1.82) is 0 Å². The van der Waals surface area contributed by atoms with Gasteiger partial charge in [0.25, 0.3) is 5.91 Å². The molecule has 144 valence electrons. The maximum Gasteiger partial charge on any atom is 0.259 e. The van der Waals surface area contributed by atoms with E-state index in [4.69, 9.17) is 9.47 Å². The van der Waals surface area contributed by atoms with Gasteiger partial charge in [-0.05, 0) is 30.2 Å². The number of benzene rings is 2. The Labute approximate surface area is 160 Å². The predicted molar refractivity (Wildman–Crippen MR) is 104 cm³/mol. The van der Waals surface area contributed by atoms with Gasteiger partial charge in [0.2, 0.25) is 5.91 Å². The molecule has 2 rings (SSSR count). The lowest BCUT2D eigenvalue weighted by Crippen LogP contribution is -2.27. The van der Waals surface area contributed by atoms with Gasteiger partial charge in [-0.2, -0.15) is 0 Å². The molecule has 0 aliphatic rings. The molecule has 0 bridgehead atoms. The summed E-state index contributed by atoms with van der Waals surface area (Å²) >= 11 is 0. The first-order valence-electron chi connectivity index (χ1n) is 8.71. The molecule has 0 spiro atoms. The summed E-state index contributed by atoms with van der Waals surface area (Å²) in [6.45, 7) is 2.34. The van der Waals surface area contributed by atoms with Crippen LogP contribution in [0.15, 0.2) is 42.5 Å². The van der Waals surface area contributed by atoms with Crippen LogP contribution in [0.4, 0.5) is 0 Å². The van der Waals surface area contributed by atoms with Crippen LogP contribution < -0.4 is 14.8 Å². The summed E-state index contributed by atoms with van der Waals surface area (Å²) in [5.74, 6) is 0.827. The van der Waals surface area contributed by atoms with Crippen LogP contribution in [-0.2, 0) is 22.6 Å². The Kier molecular flexibility index (Phi) is 7.23. The molecular weight excluding hydrogens is 344 g/mol. The lowest BCUT2D eigenvalue weighted by atomic mass is 10.1. The minimum Gasteiger partial charge on any atom is -0.493 e. The standard InChI is InChI=1S/C21H26N2O4/c1-15-5-7-16(8-6-15)12-20(24)22-13-17-9-10-18(19(11-17)26-4)27-14-21(25)23(2)3/h5-11H,12-14H2,1-4H3,(H,22,24). The van der Waals surface area contributed by atoms with Gasteiger partial charge in [0.1, 0.15) is 0 Å². The highest BCUT2D eigenvalue weighted by atomic mass is 16.5. The Morgan fingerprint density at radius 3 is 2.30 bits per heavy atom. The van der Waals surface area contributed by atoms with Crippen molar-refractivity contribution in [2.45, 2.75) is 19.9 Å². The molecule has 0 heterocycles. The van der Waals surface area contributed by atoms with E-state index in [1.807, 2.05) is 37.3 Å². The van der Waals surface area contributed by atoms with E-state index in [9.17, 15) is 9.59 Å². The number of aryl methyl sites for hydroxylation is 1. The number of rotatable bonds is 8. The maximum atomic E-state index is 12.1. The molecule has 6 nitrogen and oxygen atoms in total. The molecule has 0 aliphatic heterocycles. The van der Waals surface area contributed by atoms with E-state index in [-0.39, 0.29) is 18.4 Å². The lowest BCUT2D eigenvalue weighted by molar-refractivity contribution is -0.130. The number of ether oxygens (including phenoxy) is 2. The van der Waals surface area contributed by atoms with Crippen molar-refractivity contribution >= 4 is 11.8 Å². The number of amides is 2. The Hall–Kier alpha value is -3.02. The second-order valence-electron chi connectivity index (χ2n) is 6.50. The molecule has 1 N–H and O–H groups in total. The summed E-state index contributed by atoms with van der Waals surface area (Å²) in [5.41, 5.74) is 3.03. The molecule has 0 saturated heterocycles. The van der Waals surface area contributed by atoms with Gasteiger partial charge in [-0.25, -0.2) is 0 Å². The number of carbonyl (C=O) groups is 2. The van der Waals surface area contributed by atoms with E-state index < -0.39 is 0 Å². The second kappa shape index (κ2) is 9.62. The predicted octanol–water partition coefficient (Wildman–Crippen LogP) is 2.33. The van der Waals surface area contributed by atoms with Gasteiger partial charge in [-0.3, -0.25) is 9.59 Å². The highest BCUT2D eigenvalue weighted by molar-refractivity contribution is 5.78. The van der Waals surface area contributed by atoms with Gasteiger partial charge < -0.3 is 19.7 Å². The van der Waals surface area contributed by atoms with Crippen LogP contribution in [0.1, 0.15) is 16.7 Å². The fraction of sp³-hybridized carbons (Fsp3) is 0.333. The number of nitrogens with one attached hydrogen (secondary N) is 1. The van der Waals surface area contributed by atoms with Gasteiger partial charge in [0, 0.05) is 20.6 Å². The van der Waals surface area contributed by atoms with E-state index in [2.05, 4.69) is 5.32 Å². The Morgan fingerprint density at radius 1 is 1.00 bits per heavy atom. The van der Waals surface area contributed by atoms with Crippen LogP contribution in [-0.4, -0.2) is 44.5 Å². The van der Waals surface area contributed by atoms with Crippen LogP contribution in [0.2, 0.25) is 0 Å². The van der Waals surface area contributed by atoms with Crippen molar-refractivity contribution in [3.63, 3.8) is 0 Å². The molecule has 0 atom stereocenters. The van der Waals surface area contributed by atoms with Crippen LogP contribution >= 0.6 is 0 Å². The summed E-state index contributed by atoms with van der Waals surface area (Å²) < 4.78 is 10.8. The van der Waals surface area contributed by atoms with Crippen molar-refractivity contribution in [2.24, 2.45) is 0 Å². The Balaban J connectivity index is 1.91. The zero-order chi connectivity index (χ0) is 19.8. The molecular formula is C21H26N2O4. The van der Waals surface area contributed by atoms with Crippen molar-refractivity contribution in [3.8, 4) is 11.5 Å². The largest absolute Gasteiger partial charge is 0.493 e. The Morgan fingerprint density at radius 2 is 1.67 bits per heavy atom. The van der Waals surface area contributed by atoms with Gasteiger partial charge in [-0.15, -0.1) is 0 Å². The first-order valence-corrected chi connectivity index (χ1v) is 8.71. The number of likely N-dealkylation sites (N-methyl/N-ethyl adjacent to an activating group) is 1. The van der Waals surface area contributed by atoms with E-state index in [0.717, 1.165) is 11.1 Å². The minimum atomic E-state index is -0.135. The number of methoxy groups -OCH3 is 1. The van der Waals surface area contributed by atoms with E-state index in [1.165, 1.54) is 17.6 Å². The topological polar surface area (TPSA) is 67.9 Å². The molecule has 0 fully saturated rings. The van der Waals surface area contributed by atoms with E-state index in [1.54, 1.807) is 26.2 Å². The highest BCUT2D eigenvalue weighted by Gasteiger charge is 2.10. The smallest absolute Gasteiger partial charge is 0.259 e. The molecule has 0 aliphatic carbocycles. The van der Waals surface area contributed by atoms with Crippen molar-refractivity contribution in [1.82, 2.24) is 10.2 Å². The molecule has 0 saturated carbocycles. The van der Waals surface area contributed by atoms with Gasteiger partial charge in [0.05, 0.1) is 13.5 Å². The zero-order valence-corrected chi connectivity index (χ0v) is 16.2. The first kappa shape index (κ1) is 20.3. The first-order chi connectivity index (χ1) is 12.9. The third-order valence-corrected chi connectivity index (χ3v) is 4.05.